The van der Waals surface area contributed by atoms with E-state index in [1.807, 2.05) is 6.92 Å². The van der Waals surface area contributed by atoms with Crippen LogP contribution in [0.15, 0.2) is 11.6 Å². The lowest BCUT2D eigenvalue weighted by molar-refractivity contribution is -0.136. The number of primary amides is 1. The summed E-state index contributed by atoms with van der Waals surface area (Å²) in [5, 5.41) is 3.04. The van der Waals surface area contributed by atoms with Gasteiger partial charge in [0.2, 0.25) is 5.91 Å². The summed E-state index contributed by atoms with van der Waals surface area (Å²) in [6.07, 6.45) is 2.41. The average Bonchev–Trinajstić information content (AvgIpc) is 2.31. The molecule has 0 aromatic heterocycles. The molecule has 0 bridgehead atoms. The van der Waals surface area contributed by atoms with E-state index >= 15 is 0 Å². The maximum atomic E-state index is 11.2. The molecule has 0 aliphatic heterocycles. The Morgan fingerprint density at radius 3 is 2.65 bits per heavy atom. The molecule has 0 saturated carbocycles. The quantitative estimate of drug-likeness (QED) is 0.327. The molecule has 6 heteroatoms. The Hall–Kier alpha value is -1.40. The van der Waals surface area contributed by atoms with Crippen LogP contribution in [0.4, 0.5) is 0 Å². The summed E-state index contributed by atoms with van der Waals surface area (Å²) in [5.41, 5.74) is 5.53. The van der Waals surface area contributed by atoms with Crippen LogP contribution in [0.5, 0.6) is 0 Å². The Labute approximate surface area is 101 Å². The lowest BCUT2D eigenvalue weighted by atomic mass is 10.2. The molecular formula is C11H20N2O4. The van der Waals surface area contributed by atoms with E-state index < -0.39 is 5.91 Å². The molecule has 0 radical (unpaired) electrons. The van der Waals surface area contributed by atoms with E-state index in [-0.39, 0.29) is 12.6 Å². The van der Waals surface area contributed by atoms with Gasteiger partial charge in [-0.05, 0) is 6.42 Å². The normalized spacial score (nSPS) is 11.3. The number of rotatable bonds is 9. The van der Waals surface area contributed by atoms with E-state index in [2.05, 4.69) is 10.1 Å². The van der Waals surface area contributed by atoms with Crippen molar-refractivity contribution in [3.8, 4) is 0 Å². The second kappa shape index (κ2) is 9.80. The number of ether oxygens (including phenoxy) is 2. The first kappa shape index (κ1) is 15.6. The first-order valence-electron chi connectivity index (χ1n) is 5.45. The van der Waals surface area contributed by atoms with Gasteiger partial charge >= 0.3 is 5.97 Å². The second-order valence-corrected chi connectivity index (χ2v) is 3.30. The van der Waals surface area contributed by atoms with Crippen molar-refractivity contribution in [1.82, 2.24) is 5.32 Å². The van der Waals surface area contributed by atoms with Gasteiger partial charge in [-0.15, -0.1) is 0 Å². The second-order valence-electron chi connectivity index (χ2n) is 3.30. The molecule has 0 aromatic carbocycles. The predicted molar refractivity (Wildman–Crippen MR) is 63.3 cm³/mol. The number of esters is 1. The Morgan fingerprint density at radius 2 is 2.12 bits per heavy atom. The van der Waals surface area contributed by atoms with Crippen LogP contribution in [0, 0.1) is 0 Å². The van der Waals surface area contributed by atoms with Crippen LogP contribution in [-0.2, 0) is 19.1 Å². The van der Waals surface area contributed by atoms with Crippen LogP contribution in [0.2, 0.25) is 0 Å². The molecule has 17 heavy (non-hydrogen) atoms. The Kier molecular flexibility index (Phi) is 8.99. The van der Waals surface area contributed by atoms with Gasteiger partial charge in [-0.2, -0.15) is 0 Å². The zero-order valence-corrected chi connectivity index (χ0v) is 10.3. The molecule has 1 amide bonds. The number of carbonyl (C=O) groups is 2. The zero-order chi connectivity index (χ0) is 13.1. The first-order valence-corrected chi connectivity index (χ1v) is 5.45. The summed E-state index contributed by atoms with van der Waals surface area (Å²) in [6, 6.07) is 0. The van der Waals surface area contributed by atoms with Gasteiger partial charge in [-0.1, -0.05) is 13.0 Å². The molecule has 0 rings (SSSR count). The van der Waals surface area contributed by atoms with Crippen LogP contribution >= 0.6 is 0 Å². The summed E-state index contributed by atoms with van der Waals surface area (Å²) >= 11 is 0. The molecule has 6 nitrogen and oxygen atoms in total. The number of methoxy groups -OCH3 is 1. The first-order chi connectivity index (χ1) is 8.11. The van der Waals surface area contributed by atoms with Gasteiger partial charge in [0.15, 0.2) is 0 Å². The summed E-state index contributed by atoms with van der Waals surface area (Å²) in [4.78, 5) is 21.5. The molecule has 0 atom stereocenters. The van der Waals surface area contributed by atoms with Crippen molar-refractivity contribution < 1.29 is 19.1 Å². The van der Waals surface area contributed by atoms with Crippen molar-refractivity contribution in [1.29, 1.82) is 0 Å². The van der Waals surface area contributed by atoms with Crippen molar-refractivity contribution in [2.45, 2.75) is 13.3 Å². The summed E-state index contributed by atoms with van der Waals surface area (Å²) in [7, 11) is 1.36. The molecule has 3 N–H and O–H groups in total. The lowest BCUT2D eigenvalue weighted by Gasteiger charge is -2.04. The monoisotopic (exact) mass is 244 g/mol. The number of hydrogen-bond donors (Lipinski definition) is 2. The minimum atomic E-state index is -0.483. The molecule has 0 spiro atoms. The highest BCUT2D eigenvalue weighted by molar-refractivity contribution is 5.88. The number of amides is 1. The molecule has 0 unspecified atom stereocenters. The van der Waals surface area contributed by atoms with Crippen LogP contribution in [-0.4, -0.2) is 45.3 Å². The molecule has 0 aliphatic rings. The minimum Gasteiger partial charge on any atom is -0.466 e. The van der Waals surface area contributed by atoms with Gasteiger partial charge in [0, 0.05) is 18.7 Å². The highest BCUT2D eigenvalue weighted by Gasteiger charge is 2.05. The van der Waals surface area contributed by atoms with Crippen LogP contribution < -0.4 is 11.1 Å². The van der Waals surface area contributed by atoms with Gasteiger partial charge < -0.3 is 20.5 Å². The smallest absolute Gasteiger partial charge is 0.333 e. The maximum Gasteiger partial charge on any atom is 0.333 e. The SMILES string of the molecule is CCC(=CCNCCOCC(N)=O)C(=O)OC. The predicted octanol–water partition coefficient (Wildman–Crippen LogP) is -0.413. The fourth-order valence-corrected chi connectivity index (χ4v) is 1.12. The van der Waals surface area contributed by atoms with Crippen molar-refractivity contribution in [2.75, 3.05) is 33.4 Å². The fourth-order valence-electron chi connectivity index (χ4n) is 1.12. The van der Waals surface area contributed by atoms with E-state index in [9.17, 15) is 9.59 Å². The third kappa shape index (κ3) is 8.41. The summed E-state index contributed by atoms with van der Waals surface area (Å²) in [5.74, 6) is -0.789. The van der Waals surface area contributed by atoms with Crippen molar-refractivity contribution in [3.05, 3.63) is 11.6 Å². The lowest BCUT2D eigenvalue weighted by Crippen LogP contribution is -2.24. The summed E-state index contributed by atoms with van der Waals surface area (Å²) < 4.78 is 9.56. The topological polar surface area (TPSA) is 90.6 Å². The van der Waals surface area contributed by atoms with Crippen LogP contribution in [0.1, 0.15) is 13.3 Å². The van der Waals surface area contributed by atoms with E-state index in [1.165, 1.54) is 7.11 Å². The number of carbonyl (C=O) groups excluding carboxylic acids is 2. The van der Waals surface area contributed by atoms with Crippen molar-refractivity contribution in [2.24, 2.45) is 5.73 Å². The number of hydrogen-bond acceptors (Lipinski definition) is 5. The molecular weight excluding hydrogens is 224 g/mol. The van der Waals surface area contributed by atoms with Crippen LogP contribution in [0.25, 0.3) is 0 Å². The molecule has 0 aliphatic carbocycles. The summed E-state index contributed by atoms with van der Waals surface area (Å²) in [6.45, 7) is 3.36. The van der Waals surface area contributed by atoms with Gasteiger partial charge in [0.25, 0.3) is 0 Å². The Bertz CT molecular complexity index is 277. The number of nitrogens with two attached hydrogens (primary N) is 1. The highest BCUT2D eigenvalue weighted by atomic mass is 16.5. The highest BCUT2D eigenvalue weighted by Crippen LogP contribution is 2.01. The molecule has 0 heterocycles. The number of nitrogens with one attached hydrogen (secondary N) is 1. The minimum absolute atomic E-state index is 0.0696. The molecule has 98 valence electrons. The van der Waals surface area contributed by atoms with Crippen molar-refractivity contribution in [3.63, 3.8) is 0 Å². The zero-order valence-electron chi connectivity index (χ0n) is 10.3. The molecule has 0 aromatic rings. The standard InChI is InChI=1S/C11H20N2O4/c1-3-9(11(15)16-2)4-5-13-6-7-17-8-10(12)14/h4,13H,3,5-8H2,1-2H3,(H2,12,14). The largest absolute Gasteiger partial charge is 0.466 e. The van der Waals surface area contributed by atoms with E-state index in [0.29, 0.717) is 31.7 Å². The van der Waals surface area contributed by atoms with Gasteiger partial charge in [0.05, 0.1) is 13.7 Å². The Morgan fingerprint density at radius 1 is 1.41 bits per heavy atom. The third-order valence-corrected chi connectivity index (χ3v) is 1.99. The van der Waals surface area contributed by atoms with Crippen LogP contribution in [0.3, 0.4) is 0 Å². The third-order valence-electron chi connectivity index (χ3n) is 1.99. The molecule has 0 fully saturated rings. The fraction of sp³-hybridized carbons (Fsp3) is 0.636. The van der Waals surface area contributed by atoms with Gasteiger partial charge in [0.1, 0.15) is 6.61 Å². The molecule has 0 saturated heterocycles. The van der Waals surface area contributed by atoms with E-state index in [4.69, 9.17) is 10.5 Å². The van der Waals surface area contributed by atoms with Gasteiger partial charge in [-0.25, -0.2) is 4.79 Å². The maximum absolute atomic E-state index is 11.2. The Balaban J connectivity index is 3.63. The van der Waals surface area contributed by atoms with Crippen molar-refractivity contribution >= 4 is 11.9 Å². The van der Waals surface area contributed by atoms with Gasteiger partial charge in [-0.3, -0.25) is 4.79 Å². The van der Waals surface area contributed by atoms with E-state index in [1.54, 1.807) is 6.08 Å². The van der Waals surface area contributed by atoms with E-state index in [0.717, 1.165) is 0 Å². The average molecular weight is 244 g/mol.